The predicted molar refractivity (Wildman–Crippen MR) is 96.3 cm³/mol. The zero-order valence-corrected chi connectivity index (χ0v) is 14.4. The Hall–Kier alpha value is -2.62. The average Bonchev–Trinajstić information content (AvgIpc) is 3.05. The van der Waals surface area contributed by atoms with E-state index in [4.69, 9.17) is 0 Å². The van der Waals surface area contributed by atoms with Crippen LogP contribution in [0.25, 0.3) is 0 Å². The van der Waals surface area contributed by atoms with Gasteiger partial charge in [0, 0.05) is 25.4 Å². The molecule has 4 heteroatoms. The number of aliphatic carboxylic acids is 1. The number of benzene rings is 2. The molecule has 0 radical (unpaired) electrons. The van der Waals surface area contributed by atoms with Gasteiger partial charge in [0.1, 0.15) is 0 Å². The van der Waals surface area contributed by atoms with Gasteiger partial charge in [-0.2, -0.15) is 0 Å². The Kier molecular flexibility index (Phi) is 4.88. The molecule has 0 bridgehead atoms. The quantitative estimate of drug-likeness (QED) is 0.908. The molecule has 2 aromatic rings. The highest BCUT2D eigenvalue weighted by Crippen LogP contribution is 2.33. The summed E-state index contributed by atoms with van der Waals surface area (Å²) in [5, 5.41) is 9.37. The molecule has 3 rings (SSSR count). The van der Waals surface area contributed by atoms with Gasteiger partial charge in [0.15, 0.2) is 0 Å². The lowest BCUT2D eigenvalue weighted by atomic mass is 9.88. The van der Waals surface area contributed by atoms with E-state index in [1.165, 1.54) is 0 Å². The summed E-state index contributed by atoms with van der Waals surface area (Å²) < 4.78 is 0. The summed E-state index contributed by atoms with van der Waals surface area (Å²) in [4.78, 5) is 26.0. The number of amides is 1. The Morgan fingerprint density at radius 1 is 1.04 bits per heavy atom. The Labute approximate surface area is 148 Å². The van der Waals surface area contributed by atoms with Crippen molar-refractivity contribution in [1.82, 2.24) is 4.90 Å². The molecule has 0 aliphatic carbocycles. The van der Waals surface area contributed by atoms with Crippen LogP contribution in [-0.4, -0.2) is 35.0 Å². The number of likely N-dealkylation sites (tertiary alicyclic amines) is 1. The van der Waals surface area contributed by atoms with Crippen molar-refractivity contribution in [3.63, 3.8) is 0 Å². The van der Waals surface area contributed by atoms with Gasteiger partial charge in [-0.1, -0.05) is 60.7 Å². The fraction of sp³-hybridized carbons (Fsp3) is 0.333. The van der Waals surface area contributed by atoms with Crippen molar-refractivity contribution in [3.8, 4) is 0 Å². The second-order valence-corrected chi connectivity index (χ2v) is 7.01. The van der Waals surface area contributed by atoms with Gasteiger partial charge in [0.25, 0.3) is 0 Å². The highest BCUT2D eigenvalue weighted by molar-refractivity contribution is 5.81. The van der Waals surface area contributed by atoms with Crippen molar-refractivity contribution in [2.45, 2.75) is 25.7 Å². The maximum absolute atomic E-state index is 12.8. The Morgan fingerprint density at radius 3 is 2.00 bits per heavy atom. The zero-order valence-electron chi connectivity index (χ0n) is 14.4. The number of rotatable bonds is 5. The summed E-state index contributed by atoms with van der Waals surface area (Å²) in [5.74, 6) is -0.834. The van der Waals surface area contributed by atoms with Crippen LogP contribution in [-0.2, 0) is 9.59 Å². The van der Waals surface area contributed by atoms with Crippen LogP contribution in [0.5, 0.6) is 0 Å². The van der Waals surface area contributed by atoms with E-state index in [9.17, 15) is 14.7 Å². The second-order valence-electron chi connectivity index (χ2n) is 7.01. The van der Waals surface area contributed by atoms with E-state index in [0.29, 0.717) is 19.4 Å². The van der Waals surface area contributed by atoms with E-state index in [-0.39, 0.29) is 18.4 Å². The van der Waals surface area contributed by atoms with Crippen molar-refractivity contribution in [2.75, 3.05) is 13.1 Å². The fourth-order valence-electron chi connectivity index (χ4n) is 3.45. The fourth-order valence-corrected chi connectivity index (χ4v) is 3.45. The third-order valence-electron chi connectivity index (χ3n) is 5.12. The molecular formula is C21H23NO3. The highest BCUT2D eigenvalue weighted by atomic mass is 16.4. The molecule has 1 atom stereocenters. The summed E-state index contributed by atoms with van der Waals surface area (Å²) >= 11 is 0. The monoisotopic (exact) mass is 337 g/mol. The lowest BCUT2D eigenvalue weighted by Crippen LogP contribution is -2.35. The van der Waals surface area contributed by atoms with Gasteiger partial charge in [-0.25, -0.2) is 0 Å². The van der Waals surface area contributed by atoms with E-state index in [0.717, 1.165) is 11.1 Å². The van der Waals surface area contributed by atoms with E-state index in [2.05, 4.69) is 0 Å². The van der Waals surface area contributed by atoms with Gasteiger partial charge in [-0.3, -0.25) is 9.59 Å². The summed E-state index contributed by atoms with van der Waals surface area (Å²) in [6.07, 6.45) is 0.860. The smallest absolute Gasteiger partial charge is 0.311 e. The molecule has 1 unspecified atom stereocenters. The van der Waals surface area contributed by atoms with Gasteiger partial charge in [-0.15, -0.1) is 0 Å². The first-order valence-corrected chi connectivity index (χ1v) is 8.61. The molecule has 4 nitrogen and oxygen atoms in total. The van der Waals surface area contributed by atoms with Gasteiger partial charge < -0.3 is 10.0 Å². The van der Waals surface area contributed by atoms with E-state index in [1.54, 1.807) is 11.8 Å². The molecular weight excluding hydrogens is 314 g/mol. The van der Waals surface area contributed by atoms with Crippen molar-refractivity contribution in [2.24, 2.45) is 5.41 Å². The lowest BCUT2D eigenvalue weighted by Gasteiger charge is -2.23. The second kappa shape index (κ2) is 7.09. The van der Waals surface area contributed by atoms with Crippen LogP contribution in [0.3, 0.4) is 0 Å². The largest absolute Gasteiger partial charge is 0.481 e. The Bertz CT molecular complexity index is 705. The maximum Gasteiger partial charge on any atom is 0.311 e. The summed E-state index contributed by atoms with van der Waals surface area (Å²) in [5.41, 5.74) is 1.37. The van der Waals surface area contributed by atoms with Crippen molar-refractivity contribution in [3.05, 3.63) is 71.8 Å². The summed E-state index contributed by atoms with van der Waals surface area (Å²) in [7, 11) is 0. The number of carboxylic acid groups (broad SMARTS) is 1. The van der Waals surface area contributed by atoms with Gasteiger partial charge >= 0.3 is 5.97 Å². The normalized spacial score (nSPS) is 20.0. The predicted octanol–water partition coefficient (Wildman–Crippen LogP) is 3.53. The minimum atomic E-state index is -0.829. The minimum absolute atomic E-state index is 0.0164. The molecule has 1 heterocycles. The first-order chi connectivity index (χ1) is 12.0. The molecule has 2 aromatic carbocycles. The highest BCUT2D eigenvalue weighted by Gasteiger charge is 2.42. The number of carboxylic acids is 1. The van der Waals surface area contributed by atoms with Crippen LogP contribution in [0.4, 0.5) is 0 Å². The number of hydrogen-bond acceptors (Lipinski definition) is 2. The van der Waals surface area contributed by atoms with Crippen LogP contribution >= 0.6 is 0 Å². The number of carbonyl (C=O) groups is 2. The topological polar surface area (TPSA) is 57.6 Å². The van der Waals surface area contributed by atoms with Crippen LogP contribution in [0.15, 0.2) is 60.7 Å². The first kappa shape index (κ1) is 17.2. The first-order valence-electron chi connectivity index (χ1n) is 8.61. The van der Waals surface area contributed by atoms with Gasteiger partial charge in [0.05, 0.1) is 5.41 Å². The van der Waals surface area contributed by atoms with Crippen LogP contribution < -0.4 is 0 Å². The third-order valence-corrected chi connectivity index (χ3v) is 5.12. The zero-order chi connectivity index (χ0) is 17.9. The maximum atomic E-state index is 12.8. The number of hydrogen-bond donors (Lipinski definition) is 1. The van der Waals surface area contributed by atoms with E-state index >= 15 is 0 Å². The number of carbonyl (C=O) groups excluding carboxylic acids is 1. The lowest BCUT2D eigenvalue weighted by molar-refractivity contribution is -0.147. The van der Waals surface area contributed by atoms with Gasteiger partial charge in [-0.05, 0) is 24.5 Å². The van der Waals surface area contributed by atoms with Crippen LogP contribution in [0.1, 0.15) is 36.8 Å². The molecule has 1 N–H and O–H groups in total. The minimum Gasteiger partial charge on any atom is -0.481 e. The van der Waals surface area contributed by atoms with Crippen molar-refractivity contribution >= 4 is 11.9 Å². The Balaban J connectivity index is 1.80. The van der Waals surface area contributed by atoms with Crippen molar-refractivity contribution < 1.29 is 14.7 Å². The molecule has 25 heavy (non-hydrogen) atoms. The van der Waals surface area contributed by atoms with Crippen LogP contribution in [0, 0.1) is 5.41 Å². The Morgan fingerprint density at radius 2 is 1.56 bits per heavy atom. The summed E-state index contributed by atoms with van der Waals surface area (Å²) in [6, 6.07) is 20.0. The van der Waals surface area contributed by atoms with E-state index < -0.39 is 11.4 Å². The molecule has 0 spiro atoms. The SMILES string of the molecule is CC1(C(=O)O)CCN(C(=O)CC(c2ccccc2)c2ccccc2)C1. The van der Waals surface area contributed by atoms with Gasteiger partial charge in [0.2, 0.25) is 5.91 Å². The molecule has 1 aliphatic rings. The molecule has 1 amide bonds. The molecule has 1 fully saturated rings. The average molecular weight is 337 g/mol. The molecule has 0 aromatic heterocycles. The molecule has 130 valence electrons. The summed E-state index contributed by atoms with van der Waals surface area (Å²) in [6.45, 7) is 2.52. The van der Waals surface area contributed by atoms with E-state index in [1.807, 2.05) is 60.7 Å². The van der Waals surface area contributed by atoms with Crippen LogP contribution in [0.2, 0.25) is 0 Å². The number of nitrogens with zero attached hydrogens (tertiary/aromatic N) is 1. The molecule has 1 aliphatic heterocycles. The molecule has 0 saturated carbocycles. The van der Waals surface area contributed by atoms with Crippen molar-refractivity contribution in [1.29, 1.82) is 0 Å². The third kappa shape index (κ3) is 3.73. The standard InChI is InChI=1S/C21H23NO3/c1-21(20(24)25)12-13-22(15-21)19(23)14-18(16-8-4-2-5-9-16)17-10-6-3-7-11-17/h2-11,18H,12-15H2,1H3,(H,24,25). The molecule has 1 saturated heterocycles.